The van der Waals surface area contributed by atoms with Crippen LogP contribution < -0.4 is 5.32 Å². The molecule has 15 heavy (non-hydrogen) atoms. The van der Waals surface area contributed by atoms with Crippen molar-refractivity contribution in [2.75, 3.05) is 46.8 Å². The van der Waals surface area contributed by atoms with E-state index in [0.717, 1.165) is 13.1 Å². The van der Waals surface area contributed by atoms with Gasteiger partial charge in [0.1, 0.15) is 0 Å². The van der Waals surface area contributed by atoms with Crippen molar-refractivity contribution in [2.45, 2.75) is 19.9 Å². The maximum atomic E-state index is 3.49. The monoisotopic (exact) mass is 211 g/mol. The SMILES string of the molecule is CC(C)=CCNCC1CN(C)CCN1C. The first-order valence-corrected chi connectivity index (χ1v) is 5.82. The summed E-state index contributed by atoms with van der Waals surface area (Å²) in [5, 5.41) is 3.49. The van der Waals surface area contributed by atoms with Gasteiger partial charge in [0.15, 0.2) is 0 Å². The van der Waals surface area contributed by atoms with E-state index in [2.05, 4.69) is 49.1 Å². The van der Waals surface area contributed by atoms with Crippen molar-refractivity contribution in [3.8, 4) is 0 Å². The van der Waals surface area contributed by atoms with Crippen LogP contribution in [0.2, 0.25) is 0 Å². The summed E-state index contributed by atoms with van der Waals surface area (Å²) in [5.74, 6) is 0. The molecule has 1 heterocycles. The lowest BCUT2D eigenvalue weighted by molar-refractivity contribution is 0.114. The Morgan fingerprint density at radius 3 is 2.73 bits per heavy atom. The molecule has 0 aromatic rings. The normalized spacial score (nSPS) is 24.1. The fourth-order valence-corrected chi connectivity index (χ4v) is 1.85. The number of allylic oxidation sites excluding steroid dienone is 1. The molecule has 0 saturated carbocycles. The highest BCUT2D eigenvalue weighted by molar-refractivity contribution is 4.94. The maximum absolute atomic E-state index is 3.49. The third-order valence-electron chi connectivity index (χ3n) is 3.01. The zero-order valence-corrected chi connectivity index (χ0v) is 10.6. The van der Waals surface area contributed by atoms with E-state index in [1.165, 1.54) is 25.2 Å². The lowest BCUT2D eigenvalue weighted by Gasteiger charge is -2.37. The average Bonchev–Trinajstić information content (AvgIpc) is 2.17. The zero-order valence-electron chi connectivity index (χ0n) is 10.6. The highest BCUT2D eigenvalue weighted by Gasteiger charge is 2.20. The van der Waals surface area contributed by atoms with E-state index >= 15 is 0 Å². The third-order valence-corrected chi connectivity index (χ3v) is 3.01. The summed E-state index contributed by atoms with van der Waals surface area (Å²) in [6.07, 6.45) is 2.24. The quantitative estimate of drug-likeness (QED) is 0.548. The van der Waals surface area contributed by atoms with Gasteiger partial charge in [-0.1, -0.05) is 11.6 Å². The van der Waals surface area contributed by atoms with Gasteiger partial charge in [0.05, 0.1) is 0 Å². The Morgan fingerprint density at radius 1 is 1.33 bits per heavy atom. The molecule has 0 radical (unpaired) electrons. The first-order valence-electron chi connectivity index (χ1n) is 5.82. The molecule has 0 aromatic heterocycles. The number of rotatable bonds is 4. The molecule has 0 aliphatic carbocycles. The number of piperazine rings is 1. The Hall–Kier alpha value is -0.380. The molecular formula is C12H25N3. The van der Waals surface area contributed by atoms with Crippen LogP contribution in [0.1, 0.15) is 13.8 Å². The Morgan fingerprint density at radius 2 is 2.07 bits per heavy atom. The molecule has 1 N–H and O–H groups in total. The second-order valence-corrected chi connectivity index (χ2v) is 4.84. The van der Waals surface area contributed by atoms with Crippen LogP contribution in [-0.4, -0.2) is 62.7 Å². The number of nitrogens with one attached hydrogen (secondary N) is 1. The van der Waals surface area contributed by atoms with Crippen LogP contribution in [0.4, 0.5) is 0 Å². The minimum Gasteiger partial charge on any atom is -0.312 e. The lowest BCUT2D eigenvalue weighted by atomic mass is 10.2. The Labute approximate surface area is 94.1 Å². The van der Waals surface area contributed by atoms with E-state index < -0.39 is 0 Å². The molecule has 1 fully saturated rings. The van der Waals surface area contributed by atoms with E-state index in [4.69, 9.17) is 0 Å². The molecule has 0 aromatic carbocycles. The van der Waals surface area contributed by atoms with Crippen LogP contribution in [0.15, 0.2) is 11.6 Å². The highest BCUT2D eigenvalue weighted by Crippen LogP contribution is 2.04. The number of hydrogen-bond acceptors (Lipinski definition) is 3. The van der Waals surface area contributed by atoms with Crippen molar-refractivity contribution >= 4 is 0 Å². The van der Waals surface area contributed by atoms with E-state index in [-0.39, 0.29) is 0 Å². The van der Waals surface area contributed by atoms with Crippen LogP contribution in [0.25, 0.3) is 0 Å². The second kappa shape index (κ2) is 6.26. The minimum atomic E-state index is 0.661. The Bertz CT molecular complexity index is 209. The second-order valence-electron chi connectivity index (χ2n) is 4.84. The molecule has 1 aliphatic rings. The van der Waals surface area contributed by atoms with Crippen LogP contribution in [0.5, 0.6) is 0 Å². The van der Waals surface area contributed by atoms with Gasteiger partial charge in [-0.25, -0.2) is 0 Å². The zero-order chi connectivity index (χ0) is 11.3. The molecule has 1 unspecified atom stereocenters. The average molecular weight is 211 g/mol. The molecule has 3 heteroatoms. The smallest absolute Gasteiger partial charge is 0.0345 e. The van der Waals surface area contributed by atoms with Gasteiger partial charge in [-0.2, -0.15) is 0 Å². The molecule has 0 spiro atoms. The molecule has 1 atom stereocenters. The molecule has 88 valence electrons. The maximum Gasteiger partial charge on any atom is 0.0345 e. The third kappa shape index (κ3) is 4.78. The first kappa shape index (κ1) is 12.7. The van der Waals surface area contributed by atoms with Gasteiger partial charge in [-0.15, -0.1) is 0 Å². The number of likely N-dealkylation sites (N-methyl/N-ethyl adjacent to an activating group) is 2. The molecule has 1 saturated heterocycles. The van der Waals surface area contributed by atoms with E-state index in [1.54, 1.807) is 0 Å². The van der Waals surface area contributed by atoms with Crippen molar-refractivity contribution in [1.29, 1.82) is 0 Å². The van der Waals surface area contributed by atoms with E-state index in [9.17, 15) is 0 Å². The minimum absolute atomic E-state index is 0.661. The summed E-state index contributed by atoms with van der Waals surface area (Å²) >= 11 is 0. The van der Waals surface area contributed by atoms with Crippen molar-refractivity contribution < 1.29 is 0 Å². The molecule has 1 rings (SSSR count). The Balaban J connectivity index is 2.21. The molecule has 0 bridgehead atoms. The van der Waals surface area contributed by atoms with Crippen molar-refractivity contribution in [2.24, 2.45) is 0 Å². The number of nitrogens with zero attached hydrogens (tertiary/aromatic N) is 2. The van der Waals surface area contributed by atoms with Crippen molar-refractivity contribution in [1.82, 2.24) is 15.1 Å². The van der Waals surface area contributed by atoms with Crippen LogP contribution >= 0.6 is 0 Å². The summed E-state index contributed by atoms with van der Waals surface area (Å²) in [6, 6.07) is 0.661. The number of hydrogen-bond donors (Lipinski definition) is 1. The van der Waals surface area contributed by atoms with Gasteiger partial charge in [0.2, 0.25) is 0 Å². The highest BCUT2D eigenvalue weighted by atomic mass is 15.3. The van der Waals surface area contributed by atoms with Gasteiger partial charge in [0.25, 0.3) is 0 Å². The molecule has 0 amide bonds. The van der Waals surface area contributed by atoms with Gasteiger partial charge in [-0.05, 0) is 27.9 Å². The van der Waals surface area contributed by atoms with Gasteiger partial charge < -0.3 is 10.2 Å². The van der Waals surface area contributed by atoms with Gasteiger partial charge in [-0.3, -0.25) is 4.90 Å². The van der Waals surface area contributed by atoms with Crippen molar-refractivity contribution in [3.63, 3.8) is 0 Å². The molecular weight excluding hydrogens is 186 g/mol. The predicted molar refractivity (Wildman–Crippen MR) is 66.2 cm³/mol. The summed E-state index contributed by atoms with van der Waals surface area (Å²) in [5.41, 5.74) is 1.39. The van der Waals surface area contributed by atoms with Crippen LogP contribution in [-0.2, 0) is 0 Å². The van der Waals surface area contributed by atoms with Crippen LogP contribution in [0.3, 0.4) is 0 Å². The summed E-state index contributed by atoms with van der Waals surface area (Å²) in [7, 11) is 4.43. The van der Waals surface area contributed by atoms with E-state index in [0.29, 0.717) is 6.04 Å². The van der Waals surface area contributed by atoms with Crippen molar-refractivity contribution in [3.05, 3.63) is 11.6 Å². The van der Waals surface area contributed by atoms with Gasteiger partial charge in [0, 0.05) is 38.8 Å². The summed E-state index contributed by atoms with van der Waals surface area (Å²) < 4.78 is 0. The fraction of sp³-hybridized carbons (Fsp3) is 0.833. The molecule has 1 aliphatic heterocycles. The fourth-order valence-electron chi connectivity index (χ4n) is 1.85. The summed E-state index contributed by atoms with van der Waals surface area (Å²) in [4.78, 5) is 4.86. The largest absolute Gasteiger partial charge is 0.312 e. The first-order chi connectivity index (χ1) is 7.09. The molecule has 3 nitrogen and oxygen atoms in total. The van der Waals surface area contributed by atoms with Gasteiger partial charge >= 0.3 is 0 Å². The van der Waals surface area contributed by atoms with Crippen LogP contribution in [0, 0.1) is 0 Å². The topological polar surface area (TPSA) is 18.5 Å². The Kier molecular flexibility index (Phi) is 5.29. The predicted octanol–water partition coefficient (Wildman–Crippen LogP) is 0.788. The lowest BCUT2D eigenvalue weighted by Crippen LogP contribution is -2.53. The standard InChI is InChI=1S/C12H25N3/c1-11(2)5-6-13-9-12-10-14(3)7-8-15(12)4/h5,12-13H,6-10H2,1-4H3. The summed E-state index contributed by atoms with van der Waals surface area (Å²) in [6.45, 7) is 9.93. The van der Waals surface area contributed by atoms with E-state index in [1.807, 2.05) is 0 Å².